The molecule has 0 radical (unpaired) electrons. The van der Waals surface area contributed by atoms with Gasteiger partial charge in [-0.1, -0.05) is 19.1 Å². The van der Waals surface area contributed by atoms with Gasteiger partial charge < -0.3 is 24.8 Å². The van der Waals surface area contributed by atoms with Crippen LogP contribution >= 0.6 is 0 Å². The number of carbonyl (C=O) groups excluding carboxylic acids is 3. The van der Waals surface area contributed by atoms with Gasteiger partial charge in [0.05, 0.1) is 19.6 Å². The van der Waals surface area contributed by atoms with Crippen molar-refractivity contribution in [2.45, 2.75) is 45.8 Å². The highest BCUT2D eigenvalue weighted by atomic mass is 16.5. The number of hydrogen-bond acceptors (Lipinski definition) is 6. The van der Waals surface area contributed by atoms with Crippen molar-refractivity contribution in [1.82, 2.24) is 10.2 Å². The lowest BCUT2D eigenvalue weighted by Gasteiger charge is -2.28. The predicted molar refractivity (Wildman–Crippen MR) is 106 cm³/mol. The van der Waals surface area contributed by atoms with Crippen molar-refractivity contribution >= 4 is 17.8 Å². The monoisotopic (exact) mass is 404 g/mol. The van der Waals surface area contributed by atoms with E-state index in [0.29, 0.717) is 25.3 Å². The number of amides is 2. The van der Waals surface area contributed by atoms with Gasteiger partial charge in [0.15, 0.2) is 0 Å². The fourth-order valence-electron chi connectivity index (χ4n) is 2.81. The van der Waals surface area contributed by atoms with Crippen LogP contribution in [0.15, 0.2) is 35.6 Å². The average Bonchev–Trinajstić information content (AvgIpc) is 2.70. The van der Waals surface area contributed by atoms with Gasteiger partial charge in [-0.2, -0.15) is 0 Å². The second-order valence-electron chi connectivity index (χ2n) is 6.86. The third-order valence-electron chi connectivity index (χ3n) is 4.69. The molecule has 158 valence electrons. The molecule has 1 heterocycles. The number of aliphatic hydroxyl groups is 1. The number of methoxy groups -OCH3 is 1. The third kappa shape index (κ3) is 6.23. The first-order valence-corrected chi connectivity index (χ1v) is 9.67. The molecule has 1 unspecified atom stereocenters. The minimum Gasteiger partial charge on any atom is -0.511 e. The molecule has 0 spiro atoms. The van der Waals surface area contributed by atoms with Crippen LogP contribution < -0.4 is 10.1 Å². The highest BCUT2D eigenvalue weighted by Gasteiger charge is 2.32. The number of esters is 1. The molecule has 1 aliphatic rings. The molecule has 0 saturated carbocycles. The third-order valence-corrected chi connectivity index (χ3v) is 4.69. The maximum Gasteiger partial charge on any atom is 0.307 e. The summed E-state index contributed by atoms with van der Waals surface area (Å²) in [6.07, 6.45) is 0.711. The molecule has 29 heavy (non-hydrogen) atoms. The first-order valence-electron chi connectivity index (χ1n) is 9.67. The van der Waals surface area contributed by atoms with E-state index in [1.807, 2.05) is 19.1 Å². The number of nitrogens with zero attached hydrogens (tertiary/aromatic N) is 1. The van der Waals surface area contributed by atoms with Crippen molar-refractivity contribution < 1.29 is 29.0 Å². The Kier molecular flexibility index (Phi) is 8.06. The molecule has 0 saturated heterocycles. The lowest BCUT2D eigenvalue weighted by Crippen LogP contribution is -2.42. The van der Waals surface area contributed by atoms with Gasteiger partial charge in [0, 0.05) is 26.1 Å². The zero-order chi connectivity index (χ0) is 21.4. The van der Waals surface area contributed by atoms with Crippen LogP contribution in [0.1, 0.15) is 38.7 Å². The van der Waals surface area contributed by atoms with E-state index in [1.165, 1.54) is 4.90 Å². The Labute approximate surface area is 170 Å². The van der Waals surface area contributed by atoms with E-state index in [1.54, 1.807) is 26.2 Å². The van der Waals surface area contributed by atoms with E-state index in [4.69, 9.17) is 9.47 Å². The predicted octanol–water partition coefficient (Wildman–Crippen LogP) is 2.09. The van der Waals surface area contributed by atoms with Gasteiger partial charge in [-0.05, 0) is 31.0 Å². The summed E-state index contributed by atoms with van der Waals surface area (Å²) >= 11 is 0. The Hall–Kier alpha value is -3.03. The van der Waals surface area contributed by atoms with Crippen LogP contribution in [0, 0.1) is 0 Å². The lowest BCUT2D eigenvalue weighted by molar-refractivity contribution is -0.148. The SMILES string of the molecule is CCC(C)OC(=O)CCNC(=O)C1=C(O)CCN(Cc2ccc(OC)cc2)C1=O. The van der Waals surface area contributed by atoms with Crippen LogP contribution in [-0.4, -0.2) is 54.1 Å². The molecule has 2 amide bonds. The Morgan fingerprint density at radius 1 is 1.28 bits per heavy atom. The smallest absolute Gasteiger partial charge is 0.307 e. The van der Waals surface area contributed by atoms with E-state index in [0.717, 1.165) is 5.56 Å². The van der Waals surface area contributed by atoms with E-state index >= 15 is 0 Å². The first kappa shape index (κ1) is 22.3. The van der Waals surface area contributed by atoms with E-state index in [2.05, 4.69) is 5.32 Å². The van der Waals surface area contributed by atoms with Gasteiger partial charge in [0.2, 0.25) is 0 Å². The number of aliphatic hydroxyl groups excluding tert-OH is 1. The van der Waals surface area contributed by atoms with Gasteiger partial charge in [0.25, 0.3) is 11.8 Å². The van der Waals surface area contributed by atoms with Crippen LogP contribution in [0.4, 0.5) is 0 Å². The molecule has 0 aromatic heterocycles. The molecule has 1 aromatic carbocycles. The van der Waals surface area contributed by atoms with Crippen molar-refractivity contribution in [2.75, 3.05) is 20.2 Å². The molecule has 0 fully saturated rings. The molecular weight excluding hydrogens is 376 g/mol. The van der Waals surface area contributed by atoms with Crippen LogP contribution in [0.3, 0.4) is 0 Å². The highest BCUT2D eigenvalue weighted by molar-refractivity contribution is 6.19. The highest BCUT2D eigenvalue weighted by Crippen LogP contribution is 2.21. The van der Waals surface area contributed by atoms with Gasteiger partial charge in [-0.15, -0.1) is 0 Å². The zero-order valence-electron chi connectivity index (χ0n) is 17.1. The normalized spacial score (nSPS) is 15.1. The number of hydrogen-bond donors (Lipinski definition) is 2. The molecule has 1 atom stereocenters. The van der Waals surface area contributed by atoms with Gasteiger partial charge in [-0.3, -0.25) is 14.4 Å². The number of benzene rings is 1. The van der Waals surface area contributed by atoms with E-state index in [-0.39, 0.29) is 36.8 Å². The van der Waals surface area contributed by atoms with Crippen LogP contribution in [0.2, 0.25) is 0 Å². The van der Waals surface area contributed by atoms with Crippen molar-refractivity contribution in [3.8, 4) is 5.75 Å². The van der Waals surface area contributed by atoms with Crippen LogP contribution in [-0.2, 0) is 25.7 Å². The standard InChI is InChI=1S/C21H28N2O6/c1-4-14(2)29-18(25)9-11-22-20(26)19-17(24)10-12-23(21(19)27)13-15-5-7-16(28-3)8-6-15/h5-8,14,24H,4,9-13H2,1-3H3,(H,22,26). The van der Waals surface area contributed by atoms with Crippen molar-refractivity contribution in [3.63, 3.8) is 0 Å². The molecule has 2 rings (SSSR count). The summed E-state index contributed by atoms with van der Waals surface area (Å²) in [5, 5.41) is 12.6. The maximum atomic E-state index is 12.7. The van der Waals surface area contributed by atoms with E-state index in [9.17, 15) is 19.5 Å². The molecular formula is C21H28N2O6. The Morgan fingerprint density at radius 2 is 1.97 bits per heavy atom. The summed E-state index contributed by atoms with van der Waals surface area (Å²) < 4.78 is 10.3. The first-order chi connectivity index (χ1) is 13.8. The second-order valence-corrected chi connectivity index (χ2v) is 6.86. The summed E-state index contributed by atoms with van der Waals surface area (Å²) in [5.74, 6) is -1.18. The summed E-state index contributed by atoms with van der Waals surface area (Å²) in [6, 6.07) is 7.27. The Balaban J connectivity index is 1.93. The van der Waals surface area contributed by atoms with Gasteiger partial charge >= 0.3 is 5.97 Å². The fraction of sp³-hybridized carbons (Fsp3) is 0.476. The minimum atomic E-state index is -0.691. The molecule has 2 N–H and O–H groups in total. The number of rotatable bonds is 9. The minimum absolute atomic E-state index is 0.00608. The summed E-state index contributed by atoms with van der Waals surface area (Å²) in [6.45, 7) is 4.35. The molecule has 8 heteroatoms. The molecule has 1 aromatic rings. The summed E-state index contributed by atoms with van der Waals surface area (Å²) in [5.41, 5.74) is 0.605. The van der Waals surface area contributed by atoms with Crippen molar-refractivity contribution in [1.29, 1.82) is 0 Å². The Morgan fingerprint density at radius 3 is 2.59 bits per heavy atom. The van der Waals surface area contributed by atoms with Crippen molar-refractivity contribution in [2.24, 2.45) is 0 Å². The van der Waals surface area contributed by atoms with Crippen LogP contribution in [0.25, 0.3) is 0 Å². The molecule has 0 aliphatic carbocycles. The maximum absolute atomic E-state index is 12.7. The molecule has 8 nitrogen and oxygen atoms in total. The average molecular weight is 404 g/mol. The van der Waals surface area contributed by atoms with Crippen LogP contribution in [0.5, 0.6) is 5.75 Å². The number of ether oxygens (including phenoxy) is 2. The fourth-order valence-corrected chi connectivity index (χ4v) is 2.81. The Bertz CT molecular complexity index is 772. The summed E-state index contributed by atoms with van der Waals surface area (Å²) in [4.78, 5) is 38.3. The topological polar surface area (TPSA) is 105 Å². The number of nitrogens with one attached hydrogen (secondary N) is 1. The van der Waals surface area contributed by atoms with Gasteiger partial charge in [-0.25, -0.2) is 0 Å². The lowest BCUT2D eigenvalue weighted by atomic mass is 10.0. The molecule has 1 aliphatic heterocycles. The van der Waals surface area contributed by atoms with E-state index < -0.39 is 17.8 Å². The largest absolute Gasteiger partial charge is 0.511 e. The van der Waals surface area contributed by atoms with Crippen molar-refractivity contribution in [3.05, 3.63) is 41.2 Å². The van der Waals surface area contributed by atoms with Gasteiger partial charge in [0.1, 0.15) is 17.1 Å². The zero-order valence-corrected chi connectivity index (χ0v) is 17.1. The summed E-state index contributed by atoms with van der Waals surface area (Å²) in [7, 11) is 1.58. The second kappa shape index (κ2) is 10.5. The number of carbonyl (C=O) groups is 3. The molecule has 0 bridgehead atoms. The quantitative estimate of drug-likeness (QED) is 0.482.